The fourth-order valence-corrected chi connectivity index (χ4v) is 4.69. The summed E-state index contributed by atoms with van der Waals surface area (Å²) in [5, 5.41) is 7.82. The summed E-state index contributed by atoms with van der Waals surface area (Å²) in [6.07, 6.45) is 5.33. The molecule has 0 saturated carbocycles. The maximum absolute atomic E-state index is 13.4. The lowest BCUT2D eigenvalue weighted by atomic mass is 9.90. The van der Waals surface area contributed by atoms with Gasteiger partial charge in [-0.15, -0.1) is 0 Å². The van der Waals surface area contributed by atoms with Crippen LogP contribution in [0.1, 0.15) is 69.0 Å². The molecule has 29 heavy (non-hydrogen) atoms. The van der Waals surface area contributed by atoms with Crippen molar-refractivity contribution in [2.75, 3.05) is 25.1 Å². The molecule has 1 aromatic carbocycles. The van der Waals surface area contributed by atoms with E-state index >= 15 is 0 Å². The summed E-state index contributed by atoms with van der Waals surface area (Å²) in [6.45, 7) is 5.90. The van der Waals surface area contributed by atoms with E-state index < -0.39 is 0 Å². The number of carbonyl (C=O) groups excluding carboxylic acids is 1. The Balaban J connectivity index is 1.57. The lowest BCUT2D eigenvalue weighted by Gasteiger charge is -2.33. The molecule has 0 radical (unpaired) electrons. The highest BCUT2D eigenvalue weighted by Crippen LogP contribution is 2.37. The molecule has 0 aliphatic carbocycles. The molecular formula is C23H32N4O2. The van der Waals surface area contributed by atoms with Crippen LogP contribution in [0, 0.1) is 5.92 Å². The summed E-state index contributed by atoms with van der Waals surface area (Å²) in [6, 6.07) is 10.7. The van der Waals surface area contributed by atoms with E-state index in [2.05, 4.69) is 60.5 Å². The molecule has 2 aliphatic heterocycles. The number of benzene rings is 1. The molecule has 3 heterocycles. The molecule has 0 bridgehead atoms. The zero-order chi connectivity index (χ0) is 20.4. The molecule has 1 N–H and O–H groups in total. The Morgan fingerprint density at radius 1 is 1.21 bits per heavy atom. The average molecular weight is 397 g/mol. The van der Waals surface area contributed by atoms with E-state index in [0.717, 1.165) is 37.9 Å². The first-order chi connectivity index (χ1) is 14.1. The summed E-state index contributed by atoms with van der Waals surface area (Å²) < 4.78 is 8.10. The number of carbonyl (C=O) groups is 1. The predicted octanol–water partition coefficient (Wildman–Crippen LogP) is 4.02. The molecule has 1 saturated heterocycles. The second-order valence-corrected chi connectivity index (χ2v) is 8.52. The number of para-hydroxylation sites is 1. The number of anilines is 1. The lowest BCUT2D eigenvalue weighted by molar-refractivity contribution is -0.136. The van der Waals surface area contributed by atoms with Crippen LogP contribution in [0.2, 0.25) is 0 Å². The first kappa shape index (κ1) is 20.0. The van der Waals surface area contributed by atoms with Gasteiger partial charge in [0.1, 0.15) is 6.10 Å². The van der Waals surface area contributed by atoms with Gasteiger partial charge in [-0.2, -0.15) is 5.10 Å². The van der Waals surface area contributed by atoms with Gasteiger partial charge in [-0.05, 0) is 57.2 Å². The Bertz CT molecular complexity index is 847. The van der Waals surface area contributed by atoms with Crippen LogP contribution in [0.3, 0.4) is 0 Å². The van der Waals surface area contributed by atoms with Crippen LogP contribution in [0.25, 0.3) is 0 Å². The highest BCUT2D eigenvalue weighted by atomic mass is 16.5. The maximum atomic E-state index is 13.4. The largest absolute Gasteiger partial charge is 0.374 e. The van der Waals surface area contributed by atoms with Gasteiger partial charge in [0.15, 0.2) is 0 Å². The van der Waals surface area contributed by atoms with Crippen molar-refractivity contribution in [1.29, 1.82) is 0 Å². The number of hydrogen-bond acceptors (Lipinski definition) is 4. The van der Waals surface area contributed by atoms with Gasteiger partial charge >= 0.3 is 0 Å². The normalized spacial score (nSPS) is 24.8. The Morgan fingerprint density at radius 3 is 2.86 bits per heavy atom. The van der Waals surface area contributed by atoms with Gasteiger partial charge in [0, 0.05) is 38.1 Å². The molecule has 1 amide bonds. The van der Waals surface area contributed by atoms with Crippen LogP contribution in [-0.2, 0) is 9.53 Å². The monoisotopic (exact) mass is 396 g/mol. The number of fused-ring (bicyclic) bond motifs is 1. The molecule has 1 fully saturated rings. The summed E-state index contributed by atoms with van der Waals surface area (Å²) >= 11 is 0. The van der Waals surface area contributed by atoms with Crippen molar-refractivity contribution in [3.63, 3.8) is 0 Å². The first-order valence-corrected chi connectivity index (χ1v) is 10.8. The molecule has 0 spiro atoms. The fourth-order valence-electron chi connectivity index (χ4n) is 4.69. The van der Waals surface area contributed by atoms with Crippen molar-refractivity contribution in [2.24, 2.45) is 5.92 Å². The zero-order valence-electron chi connectivity index (χ0n) is 17.7. The van der Waals surface area contributed by atoms with Crippen LogP contribution in [0.4, 0.5) is 5.69 Å². The molecule has 2 aromatic rings. The number of ether oxygens (including phenoxy) is 1. The van der Waals surface area contributed by atoms with Crippen LogP contribution in [0.15, 0.2) is 36.5 Å². The van der Waals surface area contributed by atoms with Crippen molar-refractivity contribution >= 4 is 11.6 Å². The molecule has 1 unspecified atom stereocenters. The van der Waals surface area contributed by atoms with E-state index in [0.29, 0.717) is 6.61 Å². The lowest BCUT2D eigenvalue weighted by Crippen LogP contribution is -2.40. The number of nitrogens with one attached hydrogen (secondary N) is 1. The average Bonchev–Trinajstić information content (AvgIpc) is 3.17. The predicted molar refractivity (Wildman–Crippen MR) is 114 cm³/mol. The highest BCUT2D eigenvalue weighted by molar-refractivity contribution is 5.80. The van der Waals surface area contributed by atoms with Gasteiger partial charge in [-0.3, -0.25) is 9.48 Å². The number of aromatic nitrogens is 2. The molecule has 1 aromatic heterocycles. The summed E-state index contributed by atoms with van der Waals surface area (Å²) in [4.78, 5) is 15.7. The third kappa shape index (κ3) is 4.04. The van der Waals surface area contributed by atoms with Crippen molar-refractivity contribution in [2.45, 2.75) is 57.7 Å². The maximum Gasteiger partial charge on any atom is 0.226 e. The van der Waals surface area contributed by atoms with E-state index in [1.807, 2.05) is 10.7 Å². The smallest absolute Gasteiger partial charge is 0.226 e. The van der Waals surface area contributed by atoms with E-state index in [1.54, 1.807) is 6.20 Å². The Kier molecular flexibility index (Phi) is 5.90. The van der Waals surface area contributed by atoms with E-state index in [4.69, 9.17) is 4.74 Å². The van der Waals surface area contributed by atoms with Gasteiger partial charge in [0.05, 0.1) is 17.7 Å². The fraction of sp³-hybridized carbons (Fsp3) is 0.565. The van der Waals surface area contributed by atoms with Crippen LogP contribution in [0.5, 0.6) is 0 Å². The number of hydrogen-bond donors (Lipinski definition) is 1. The molecule has 4 rings (SSSR count). The SMILES string of the molecule is CC(C)n1nccc1[C@@H]1OCCC[C@H]1C(=O)NC1CCCN(C)c2ccccc21. The number of rotatable bonds is 4. The Morgan fingerprint density at radius 2 is 2.03 bits per heavy atom. The second-order valence-electron chi connectivity index (χ2n) is 8.52. The minimum Gasteiger partial charge on any atom is -0.374 e. The van der Waals surface area contributed by atoms with Crippen molar-refractivity contribution in [1.82, 2.24) is 15.1 Å². The standard InChI is InChI=1S/C23H32N4O2/c1-16(2)27-21(12-13-24-27)22-18(9-7-15-29-22)23(28)25-19-10-6-14-26(3)20-11-5-4-8-17(19)20/h4-5,8,11-13,16,18-19,22H,6-7,9-10,14-15H2,1-3H3,(H,25,28)/t18-,19?,22-/m1/s1. The summed E-state index contributed by atoms with van der Waals surface area (Å²) in [5.74, 6) is -0.0957. The van der Waals surface area contributed by atoms with Gasteiger partial charge in [-0.25, -0.2) is 0 Å². The number of nitrogens with zero attached hydrogens (tertiary/aromatic N) is 3. The van der Waals surface area contributed by atoms with Crippen LogP contribution >= 0.6 is 0 Å². The topological polar surface area (TPSA) is 59.4 Å². The van der Waals surface area contributed by atoms with E-state index in [9.17, 15) is 4.79 Å². The van der Waals surface area contributed by atoms with Crippen molar-refractivity contribution in [3.05, 3.63) is 47.8 Å². The molecule has 3 atom stereocenters. The molecular weight excluding hydrogens is 364 g/mol. The van der Waals surface area contributed by atoms with Gasteiger partial charge in [-0.1, -0.05) is 18.2 Å². The summed E-state index contributed by atoms with van der Waals surface area (Å²) in [5.41, 5.74) is 3.42. The second kappa shape index (κ2) is 8.57. The Labute approximate surface area is 173 Å². The number of amides is 1. The van der Waals surface area contributed by atoms with Crippen molar-refractivity contribution < 1.29 is 9.53 Å². The quantitative estimate of drug-likeness (QED) is 0.848. The minimum atomic E-state index is -0.239. The van der Waals surface area contributed by atoms with Gasteiger partial charge in [0.2, 0.25) is 5.91 Å². The van der Waals surface area contributed by atoms with E-state index in [-0.39, 0.29) is 30.0 Å². The zero-order valence-corrected chi connectivity index (χ0v) is 17.7. The summed E-state index contributed by atoms with van der Waals surface area (Å²) in [7, 11) is 2.13. The molecule has 6 heteroatoms. The van der Waals surface area contributed by atoms with Gasteiger partial charge in [0.25, 0.3) is 0 Å². The van der Waals surface area contributed by atoms with E-state index in [1.165, 1.54) is 11.3 Å². The van der Waals surface area contributed by atoms with Crippen LogP contribution < -0.4 is 10.2 Å². The highest BCUT2D eigenvalue weighted by Gasteiger charge is 2.36. The van der Waals surface area contributed by atoms with Crippen LogP contribution in [-0.4, -0.2) is 35.9 Å². The van der Waals surface area contributed by atoms with Crippen molar-refractivity contribution in [3.8, 4) is 0 Å². The van der Waals surface area contributed by atoms with Gasteiger partial charge < -0.3 is 15.0 Å². The Hall–Kier alpha value is -2.34. The minimum absolute atomic E-state index is 0.0428. The third-order valence-electron chi connectivity index (χ3n) is 6.17. The molecule has 2 aliphatic rings. The third-order valence-corrected chi connectivity index (χ3v) is 6.17. The molecule has 156 valence electrons. The first-order valence-electron chi connectivity index (χ1n) is 10.8. The molecule has 6 nitrogen and oxygen atoms in total.